The van der Waals surface area contributed by atoms with E-state index in [1.807, 2.05) is 6.92 Å². The number of guanidine groups is 1. The van der Waals surface area contributed by atoms with Gasteiger partial charge in [-0.05, 0) is 31.5 Å². The molecule has 0 fully saturated rings. The highest BCUT2D eigenvalue weighted by Crippen LogP contribution is 2.23. The lowest BCUT2D eigenvalue weighted by atomic mass is 10.2. The first-order valence-electron chi connectivity index (χ1n) is 7.08. The zero-order valence-electron chi connectivity index (χ0n) is 13.0. The lowest BCUT2D eigenvalue weighted by molar-refractivity contribution is 0.195. The minimum absolute atomic E-state index is 0.217. The summed E-state index contributed by atoms with van der Waals surface area (Å²) >= 11 is 0. The molecule has 3 N–H and O–H groups in total. The van der Waals surface area contributed by atoms with Crippen molar-refractivity contribution in [2.75, 3.05) is 33.9 Å². The van der Waals surface area contributed by atoms with Crippen molar-refractivity contribution in [3.63, 3.8) is 0 Å². The molecule has 0 aliphatic heterocycles. The molecular formula is C15H25N3O3. The Morgan fingerprint density at radius 1 is 1.29 bits per heavy atom. The summed E-state index contributed by atoms with van der Waals surface area (Å²) in [6, 6.07) is 5.12. The molecule has 0 spiro atoms. The van der Waals surface area contributed by atoms with E-state index < -0.39 is 0 Å². The van der Waals surface area contributed by atoms with Crippen molar-refractivity contribution in [2.24, 2.45) is 4.99 Å². The number of methoxy groups -OCH3 is 2. The van der Waals surface area contributed by atoms with E-state index in [1.54, 1.807) is 32.4 Å². The molecule has 1 aromatic carbocycles. The van der Waals surface area contributed by atoms with E-state index in [4.69, 9.17) is 9.47 Å². The van der Waals surface area contributed by atoms with Crippen LogP contribution in [-0.4, -0.2) is 45.0 Å². The van der Waals surface area contributed by atoms with Crippen LogP contribution in [0.5, 0.6) is 11.5 Å². The van der Waals surface area contributed by atoms with Gasteiger partial charge in [-0.2, -0.15) is 0 Å². The predicted octanol–water partition coefficient (Wildman–Crippen LogP) is 1.49. The zero-order valence-corrected chi connectivity index (χ0v) is 13.0. The molecule has 6 nitrogen and oxygen atoms in total. The Morgan fingerprint density at radius 3 is 2.76 bits per heavy atom. The molecule has 0 aromatic heterocycles. The topological polar surface area (TPSA) is 75.1 Å². The third kappa shape index (κ3) is 6.35. The smallest absolute Gasteiger partial charge is 0.191 e. The van der Waals surface area contributed by atoms with Gasteiger partial charge in [-0.25, -0.2) is 4.99 Å². The molecule has 0 saturated heterocycles. The van der Waals surface area contributed by atoms with Crippen LogP contribution in [0.3, 0.4) is 0 Å². The number of nitrogens with zero attached hydrogens (tertiary/aromatic N) is 1. The fourth-order valence-electron chi connectivity index (χ4n) is 1.74. The van der Waals surface area contributed by atoms with E-state index in [0.717, 1.165) is 31.0 Å². The second kappa shape index (κ2) is 9.88. The molecule has 0 aliphatic carbocycles. The van der Waals surface area contributed by atoms with Gasteiger partial charge in [0.05, 0.1) is 13.7 Å². The molecule has 0 unspecified atom stereocenters. The maximum atomic E-state index is 9.84. The van der Waals surface area contributed by atoms with Crippen molar-refractivity contribution in [2.45, 2.75) is 19.9 Å². The third-order valence-electron chi connectivity index (χ3n) is 2.86. The van der Waals surface area contributed by atoms with Crippen molar-refractivity contribution >= 4 is 5.96 Å². The summed E-state index contributed by atoms with van der Waals surface area (Å²) in [6.07, 6.45) is 0.908. The number of nitrogens with one attached hydrogen (secondary N) is 2. The Kier molecular flexibility index (Phi) is 8.04. The van der Waals surface area contributed by atoms with E-state index in [0.29, 0.717) is 18.9 Å². The summed E-state index contributed by atoms with van der Waals surface area (Å²) in [5, 5.41) is 16.2. The van der Waals surface area contributed by atoms with Crippen molar-refractivity contribution < 1.29 is 14.6 Å². The zero-order chi connectivity index (χ0) is 15.5. The second-order valence-electron chi connectivity index (χ2n) is 4.46. The Balaban J connectivity index is 2.64. The van der Waals surface area contributed by atoms with Crippen molar-refractivity contribution in [1.29, 1.82) is 0 Å². The average molecular weight is 295 g/mol. The molecule has 1 aromatic rings. The lowest BCUT2D eigenvalue weighted by Crippen LogP contribution is -2.38. The minimum Gasteiger partial charge on any atom is -0.508 e. The van der Waals surface area contributed by atoms with Crippen LogP contribution >= 0.6 is 0 Å². The van der Waals surface area contributed by atoms with E-state index >= 15 is 0 Å². The van der Waals surface area contributed by atoms with Gasteiger partial charge in [0, 0.05) is 32.4 Å². The summed E-state index contributed by atoms with van der Waals surface area (Å²) in [6.45, 7) is 4.66. The van der Waals surface area contributed by atoms with Crippen LogP contribution in [0, 0.1) is 0 Å². The lowest BCUT2D eigenvalue weighted by Gasteiger charge is -2.11. The highest BCUT2D eigenvalue weighted by molar-refractivity contribution is 5.79. The maximum Gasteiger partial charge on any atom is 0.191 e. The Labute approximate surface area is 126 Å². The van der Waals surface area contributed by atoms with Gasteiger partial charge in [0.2, 0.25) is 0 Å². The van der Waals surface area contributed by atoms with Gasteiger partial charge in [-0.3, -0.25) is 0 Å². The number of rotatable bonds is 8. The Bertz CT molecular complexity index is 450. The molecule has 0 atom stereocenters. The summed E-state index contributed by atoms with van der Waals surface area (Å²) in [7, 11) is 3.28. The number of hydrogen-bond acceptors (Lipinski definition) is 4. The van der Waals surface area contributed by atoms with Crippen LogP contribution in [0.2, 0.25) is 0 Å². The first-order valence-corrected chi connectivity index (χ1v) is 7.08. The molecule has 0 heterocycles. The highest BCUT2D eigenvalue weighted by Gasteiger charge is 2.04. The van der Waals surface area contributed by atoms with Crippen molar-refractivity contribution in [3.05, 3.63) is 23.8 Å². The van der Waals surface area contributed by atoms with Crippen molar-refractivity contribution in [3.8, 4) is 11.5 Å². The number of aliphatic imine (C=N–C) groups is 1. The fraction of sp³-hybridized carbons (Fsp3) is 0.533. The largest absolute Gasteiger partial charge is 0.508 e. The van der Waals surface area contributed by atoms with Crippen LogP contribution in [0.25, 0.3) is 0 Å². The van der Waals surface area contributed by atoms with E-state index in [1.165, 1.54) is 0 Å². The van der Waals surface area contributed by atoms with E-state index in [2.05, 4.69) is 15.6 Å². The third-order valence-corrected chi connectivity index (χ3v) is 2.86. The summed E-state index contributed by atoms with van der Waals surface area (Å²) < 4.78 is 10.2. The second-order valence-corrected chi connectivity index (χ2v) is 4.46. The molecule has 21 heavy (non-hydrogen) atoms. The molecule has 118 valence electrons. The van der Waals surface area contributed by atoms with Gasteiger partial charge in [0.15, 0.2) is 5.96 Å². The van der Waals surface area contributed by atoms with Gasteiger partial charge < -0.3 is 25.2 Å². The molecule has 1 rings (SSSR count). The summed E-state index contributed by atoms with van der Waals surface area (Å²) in [5.74, 6) is 1.64. The van der Waals surface area contributed by atoms with Gasteiger partial charge >= 0.3 is 0 Å². The SMILES string of the molecule is CCNC(=NCc1cc(OC)ccc1O)NCCCOC. The van der Waals surface area contributed by atoms with Gasteiger partial charge in [-0.15, -0.1) is 0 Å². The van der Waals surface area contributed by atoms with Gasteiger partial charge in [0.25, 0.3) is 0 Å². The predicted molar refractivity (Wildman–Crippen MR) is 84.0 cm³/mol. The minimum atomic E-state index is 0.217. The number of benzene rings is 1. The van der Waals surface area contributed by atoms with Crippen LogP contribution in [0.15, 0.2) is 23.2 Å². The highest BCUT2D eigenvalue weighted by atomic mass is 16.5. The van der Waals surface area contributed by atoms with Crippen LogP contribution in [0.1, 0.15) is 18.9 Å². The van der Waals surface area contributed by atoms with Crippen molar-refractivity contribution in [1.82, 2.24) is 10.6 Å². The number of phenols is 1. The molecule has 6 heteroatoms. The van der Waals surface area contributed by atoms with Gasteiger partial charge in [0.1, 0.15) is 11.5 Å². The molecule has 0 bridgehead atoms. The Morgan fingerprint density at radius 2 is 2.10 bits per heavy atom. The molecule has 0 amide bonds. The molecule has 0 saturated carbocycles. The van der Waals surface area contributed by atoms with Gasteiger partial charge in [-0.1, -0.05) is 0 Å². The fourth-order valence-corrected chi connectivity index (χ4v) is 1.74. The first kappa shape index (κ1) is 17.1. The number of phenolic OH excluding ortho intramolecular Hbond substituents is 1. The van der Waals surface area contributed by atoms with E-state index in [-0.39, 0.29) is 5.75 Å². The van der Waals surface area contributed by atoms with Crippen LogP contribution in [0.4, 0.5) is 0 Å². The average Bonchev–Trinajstić information content (AvgIpc) is 2.50. The van der Waals surface area contributed by atoms with Crippen LogP contribution in [-0.2, 0) is 11.3 Å². The molecule has 0 radical (unpaired) electrons. The number of aromatic hydroxyl groups is 1. The summed E-state index contributed by atoms with van der Waals surface area (Å²) in [4.78, 5) is 4.46. The number of ether oxygens (including phenoxy) is 2. The maximum absolute atomic E-state index is 9.84. The quantitative estimate of drug-likeness (QED) is 0.385. The standard InChI is InChI=1S/C15H25N3O3/c1-4-16-15(17-8-5-9-20-2)18-11-12-10-13(21-3)6-7-14(12)19/h6-7,10,19H,4-5,8-9,11H2,1-3H3,(H2,16,17,18). The van der Waals surface area contributed by atoms with Crippen LogP contribution < -0.4 is 15.4 Å². The first-order chi connectivity index (χ1) is 10.2. The van der Waals surface area contributed by atoms with E-state index in [9.17, 15) is 5.11 Å². The molecule has 0 aliphatic rings. The summed E-state index contributed by atoms with van der Waals surface area (Å²) in [5.41, 5.74) is 0.725. The number of hydrogen-bond donors (Lipinski definition) is 3. The normalized spacial score (nSPS) is 11.3. The Hall–Kier alpha value is -1.95. The monoisotopic (exact) mass is 295 g/mol. The molecular weight excluding hydrogens is 270 g/mol.